The fourth-order valence-corrected chi connectivity index (χ4v) is 3.91. The fourth-order valence-electron chi connectivity index (χ4n) is 3.91. The molecule has 0 aliphatic heterocycles. The van der Waals surface area contributed by atoms with Crippen LogP contribution in [0.4, 0.5) is 0 Å². The molecule has 6 atom stereocenters. The molecule has 0 aliphatic carbocycles. The maximum absolute atomic E-state index is 12.5. The van der Waals surface area contributed by atoms with Gasteiger partial charge in [0.1, 0.15) is 5.78 Å². The molecule has 0 aliphatic rings. The average Bonchev–Trinajstić information content (AvgIpc) is 2.79. The molecule has 0 fully saturated rings. The van der Waals surface area contributed by atoms with Gasteiger partial charge in [-0.15, -0.1) is 0 Å². The van der Waals surface area contributed by atoms with E-state index in [-0.39, 0.29) is 23.5 Å². The third-order valence-electron chi connectivity index (χ3n) is 6.31. The van der Waals surface area contributed by atoms with E-state index >= 15 is 0 Å². The van der Waals surface area contributed by atoms with Crippen molar-refractivity contribution in [1.82, 2.24) is 5.32 Å². The van der Waals surface area contributed by atoms with E-state index in [0.717, 1.165) is 5.56 Å². The smallest absolute Gasteiger partial charge is 0.251 e. The van der Waals surface area contributed by atoms with Crippen molar-refractivity contribution in [3.05, 3.63) is 47.5 Å². The third kappa shape index (κ3) is 9.03. The zero-order chi connectivity index (χ0) is 25.2. The van der Waals surface area contributed by atoms with Crippen LogP contribution in [0.5, 0.6) is 0 Å². The predicted molar refractivity (Wildman–Crippen MR) is 132 cm³/mol. The van der Waals surface area contributed by atoms with Crippen molar-refractivity contribution in [2.75, 3.05) is 13.7 Å². The van der Waals surface area contributed by atoms with Crippen molar-refractivity contribution < 1.29 is 24.2 Å². The van der Waals surface area contributed by atoms with Gasteiger partial charge in [0.05, 0.1) is 23.9 Å². The Bertz CT molecular complexity index is 773. The van der Waals surface area contributed by atoms with Crippen LogP contribution < -0.4 is 5.32 Å². The van der Waals surface area contributed by atoms with Gasteiger partial charge < -0.3 is 19.9 Å². The van der Waals surface area contributed by atoms with E-state index in [1.807, 2.05) is 64.1 Å². The SMILES string of the molecule is CCC(=O)C(C)C(OC(C)C(C)O)C(C)(CC(C)C=CCNC(=O)c1ccc(C)cc1)OC. The highest BCUT2D eigenvalue weighted by atomic mass is 16.6. The van der Waals surface area contributed by atoms with Crippen LogP contribution in [0.15, 0.2) is 36.4 Å². The first-order chi connectivity index (χ1) is 15.4. The molecule has 2 N–H and O–H groups in total. The van der Waals surface area contributed by atoms with Crippen LogP contribution in [0, 0.1) is 18.8 Å². The van der Waals surface area contributed by atoms with Crippen LogP contribution in [-0.4, -0.2) is 54.4 Å². The van der Waals surface area contributed by atoms with Gasteiger partial charge in [0.15, 0.2) is 0 Å². The molecule has 33 heavy (non-hydrogen) atoms. The van der Waals surface area contributed by atoms with Crippen LogP contribution >= 0.6 is 0 Å². The van der Waals surface area contributed by atoms with Crippen LogP contribution in [-0.2, 0) is 14.3 Å². The van der Waals surface area contributed by atoms with Crippen LogP contribution in [0.1, 0.15) is 70.3 Å². The minimum atomic E-state index is -0.734. The molecule has 0 bridgehead atoms. The highest BCUT2D eigenvalue weighted by molar-refractivity contribution is 5.94. The monoisotopic (exact) mass is 461 g/mol. The van der Waals surface area contributed by atoms with Gasteiger partial charge in [0.25, 0.3) is 5.91 Å². The van der Waals surface area contributed by atoms with Gasteiger partial charge >= 0.3 is 0 Å². The first-order valence-corrected chi connectivity index (χ1v) is 11.9. The molecule has 6 nitrogen and oxygen atoms in total. The summed E-state index contributed by atoms with van der Waals surface area (Å²) >= 11 is 0. The second-order valence-electron chi connectivity index (χ2n) is 9.31. The molecule has 1 aromatic carbocycles. The van der Waals surface area contributed by atoms with Gasteiger partial charge in [0.2, 0.25) is 0 Å². The minimum Gasteiger partial charge on any atom is -0.391 e. The van der Waals surface area contributed by atoms with Gasteiger partial charge in [-0.05, 0) is 52.2 Å². The Balaban J connectivity index is 2.82. The Morgan fingerprint density at radius 3 is 2.27 bits per heavy atom. The van der Waals surface area contributed by atoms with Crippen molar-refractivity contribution in [3.63, 3.8) is 0 Å². The molecule has 0 heterocycles. The minimum absolute atomic E-state index is 0.100. The second-order valence-corrected chi connectivity index (χ2v) is 9.31. The van der Waals surface area contributed by atoms with E-state index in [2.05, 4.69) is 12.2 Å². The number of rotatable bonds is 14. The summed E-state index contributed by atoms with van der Waals surface area (Å²) in [6, 6.07) is 7.46. The molecule has 6 heteroatoms. The number of ketones is 1. The summed E-state index contributed by atoms with van der Waals surface area (Å²) in [5, 5.41) is 12.9. The largest absolute Gasteiger partial charge is 0.391 e. The van der Waals surface area contributed by atoms with Crippen LogP contribution in [0.25, 0.3) is 0 Å². The Morgan fingerprint density at radius 2 is 1.76 bits per heavy atom. The third-order valence-corrected chi connectivity index (χ3v) is 6.31. The number of Topliss-reactive ketones (excluding diaryl/α,β-unsaturated/α-hetero) is 1. The summed E-state index contributed by atoms with van der Waals surface area (Å²) in [4.78, 5) is 24.8. The zero-order valence-electron chi connectivity index (χ0n) is 21.6. The van der Waals surface area contributed by atoms with Crippen molar-refractivity contribution in [2.24, 2.45) is 11.8 Å². The van der Waals surface area contributed by atoms with E-state index in [4.69, 9.17) is 9.47 Å². The van der Waals surface area contributed by atoms with Gasteiger partial charge in [-0.2, -0.15) is 0 Å². The topological polar surface area (TPSA) is 84.9 Å². The van der Waals surface area contributed by atoms with E-state index < -0.39 is 23.9 Å². The molecule has 6 unspecified atom stereocenters. The highest BCUT2D eigenvalue weighted by Gasteiger charge is 2.42. The zero-order valence-corrected chi connectivity index (χ0v) is 21.6. The number of nitrogens with one attached hydrogen (secondary N) is 1. The molecular weight excluding hydrogens is 418 g/mol. The van der Waals surface area contributed by atoms with E-state index in [1.165, 1.54) is 0 Å². The number of aliphatic hydroxyl groups is 1. The number of benzene rings is 1. The quantitative estimate of drug-likeness (QED) is 0.399. The molecule has 0 radical (unpaired) electrons. The number of carbonyl (C=O) groups excluding carboxylic acids is 2. The Morgan fingerprint density at radius 1 is 1.15 bits per heavy atom. The summed E-state index contributed by atoms with van der Waals surface area (Å²) in [7, 11) is 1.63. The summed E-state index contributed by atoms with van der Waals surface area (Å²) in [5.41, 5.74) is 1.01. The molecular formula is C27H43NO5. The highest BCUT2D eigenvalue weighted by Crippen LogP contribution is 2.33. The first kappa shape index (κ1) is 29.0. The lowest BCUT2D eigenvalue weighted by molar-refractivity contribution is -0.183. The Hall–Kier alpha value is -2.02. The molecule has 186 valence electrons. The summed E-state index contributed by atoms with van der Waals surface area (Å²) in [5.74, 6) is -0.265. The molecule has 0 aromatic heterocycles. The van der Waals surface area contributed by atoms with Crippen LogP contribution in [0.3, 0.4) is 0 Å². The summed E-state index contributed by atoms with van der Waals surface area (Å²) in [6.07, 6.45) is 3.41. The maximum atomic E-state index is 12.5. The van der Waals surface area contributed by atoms with E-state index in [9.17, 15) is 14.7 Å². The molecule has 1 aromatic rings. The number of aryl methyl sites for hydroxylation is 1. The van der Waals surface area contributed by atoms with Gasteiger partial charge in [-0.1, -0.05) is 50.6 Å². The number of methoxy groups -OCH3 is 1. The number of aliphatic hydroxyl groups excluding tert-OH is 1. The Labute approximate surface area is 199 Å². The number of allylic oxidation sites excluding steroid dienone is 1. The number of hydrogen-bond acceptors (Lipinski definition) is 5. The van der Waals surface area contributed by atoms with Crippen LogP contribution in [0.2, 0.25) is 0 Å². The van der Waals surface area contributed by atoms with Gasteiger partial charge in [-0.25, -0.2) is 0 Å². The van der Waals surface area contributed by atoms with Gasteiger partial charge in [-0.3, -0.25) is 9.59 Å². The molecule has 0 spiro atoms. The summed E-state index contributed by atoms with van der Waals surface area (Å²) < 4.78 is 12.1. The number of hydrogen-bond donors (Lipinski definition) is 2. The second kappa shape index (κ2) is 13.6. The van der Waals surface area contributed by atoms with Gasteiger partial charge in [0, 0.05) is 31.6 Å². The van der Waals surface area contributed by atoms with Crippen molar-refractivity contribution in [1.29, 1.82) is 0 Å². The first-order valence-electron chi connectivity index (χ1n) is 11.9. The fraction of sp³-hybridized carbons (Fsp3) is 0.630. The van der Waals surface area contributed by atoms with Crippen molar-refractivity contribution >= 4 is 11.7 Å². The maximum Gasteiger partial charge on any atom is 0.251 e. The molecule has 0 saturated carbocycles. The summed E-state index contributed by atoms with van der Waals surface area (Å²) in [6.45, 7) is 13.6. The number of ether oxygens (including phenoxy) is 2. The standard InChI is InChI=1S/C27H43NO5/c1-9-24(30)20(4)25(33-22(6)21(5)29)27(7,32-8)17-19(3)11-10-16-28-26(31)23-14-12-18(2)13-15-23/h10-15,19-22,25,29H,9,16-17H2,1-8H3,(H,28,31). The normalized spacial score (nSPS) is 18.2. The van der Waals surface area contributed by atoms with E-state index in [1.54, 1.807) is 21.0 Å². The lowest BCUT2D eigenvalue weighted by Gasteiger charge is -2.42. The lowest BCUT2D eigenvalue weighted by Crippen LogP contribution is -2.51. The number of carbonyl (C=O) groups is 2. The molecule has 1 amide bonds. The van der Waals surface area contributed by atoms with Crippen molar-refractivity contribution in [3.8, 4) is 0 Å². The average molecular weight is 462 g/mol. The van der Waals surface area contributed by atoms with Crippen molar-refractivity contribution in [2.45, 2.75) is 85.2 Å². The molecule has 1 rings (SSSR count). The van der Waals surface area contributed by atoms with E-state index in [0.29, 0.717) is 24.9 Å². The molecule has 0 saturated heterocycles. The Kier molecular flexibility index (Phi) is 12.0. The predicted octanol–water partition coefficient (Wildman–Crippen LogP) is 4.48. The lowest BCUT2D eigenvalue weighted by atomic mass is 9.80. The number of amides is 1.